The van der Waals surface area contributed by atoms with Gasteiger partial charge >= 0.3 is 6.18 Å². The van der Waals surface area contributed by atoms with Crippen molar-refractivity contribution in [3.63, 3.8) is 0 Å². The number of nitrogens with two attached hydrogens (primary N) is 1. The van der Waals surface area contributed by atoms with Crippen LogP contribution in [0.15, 0.2) is 17.7 Å². The van der Waals surface area contributed by atoms with Crippen LogP contribution in [0.2, 0.25) is 0 Å². The Balaban J connectivity index is 2.89. The number of hydrogen-bond donors (Lipinski definition) is 2. The van der Waals surface area contributed by atoms with Crippen molar-refractivity contribution >= 4 is 11.7 Å². The van der Waals surface area contributed by atoms with Crippen LogP contribution in [0.4, 0.5) is 19.0 Å². The van der Waals surface area contributed by atoms with E-state index in [0.717, 1.165) is 0 Å². The van der Waals surface area contributed by atoms with Gasteiger partial charge in [-0.05, 0) is 0 Å². The third kappa shape index (κ3) is 3.75. The van der Waals surface area contributed by atoms with Gasteiger partial charge in [-0.25, -0.2) is 9.97 Å². The van der Waals surface area contributed by atoms with E-state index in [-0.39, 0.29) is 23.8 Å². The van der Waals surface area contributed by atoms with Crippen LogP contribution in [0, 0.1) is 0 Å². The van der Waals surface area contributed by atoms with Crippen molar-refractivity contribution in [1.29, 1.82) is 0 Å². The molecule has 0 aromatic carbocycles. The van der Waals surface area contributed by atoms with Crippen LogP contribution >= 0.6 is 0 Å². The van der Waals surface area contributed by atoms with E-state index in [1.165, 1.54) is 24.5 Å². The van der Waals surface area contributed by atoms with Crippen molar-refractivity contribution in [2.45, 2.75) is 12.6 Å². The first-order valence-corrected chi connectivity index (χ1v) is 4.91. The highest BCUT2D eigenvalue weighted by Crippen LogP contribution is 2.22. The summed E-state index contributed by atoms with van der Waals surface area (Å²) in [5.41, 5.74) is 5.56. The van der Waals surface area contributed by atoms with Crippen molar-refractivity contribution < 1.29 is 18.4 Å². The number of halogens is 3. The monoisotopic (exact) mass is 263 g/mol. The lowest BCUT2D eigenvalue weighted by Gasteiger charge is -2.20. The molecule has 1 aromatic heterocycles. The lowest BCUT2D eigenvalue weighted by atomic mass is 10.2. The molecule has 0 saturated heterocycles. The second-order valence-corrected chi connectivity index (χ2v) is 3.53. The van der Waals surface area contributed by atoms with Gasteiger partial charge in [0.25, 0.3) is 0 Å². The summed E-state index contributed by atoms with van der Waals surface area (Å²) in [7, 11) is 1.43. The van der Waals surface area contributed by atoms with E-state index in [0.29, 0.717) is 0 Å². The van der Waals surface area contributed by atoms with Gasteiger partial charge in [0, 0.05) is 19.8 Å². The van der Waals surface area contributed by atoms with Gasteiger partial charge < -0.3 is 15.8 Å². The standard InChI is InChI=1S/C9H12F3N5O/c1-17(3-2-9(10,11)12)8-6(7(13)16-18)4-14-5-15-8/h4-5,18H,2-3H2,1H3,(H2,13,16). The fraction of sp³-hybridized carbons (Fsp3) is 0.444. The summed E-state index contributed by atoms with van der Waals surface area (Å²) in [5.74, 6) is -0.0889. The fourth-order valence-electron chi connectivity index (χ4n) is 1.26. The Kier molecular flexibility index (Phi) is 4.29. The normalized spacial score (nSPS) is 12.6. The first-order chi connectivity index (χ1) is 8.35. The maximum Gasteiger partial charge on any atom is 0.390 e. The molecule has 1 rings (SSSR count). The van der Waals surface area contributed by atoms with Crippen molar-refractivity contribution in [3.05, 3.63) is 18.1 Å². The minimum absolute atomic E-state index is 0.171. The van der Waals surface area contributed by atoms with Crippen LogP contribution in [0.3, 0.4) is 0 Å². The van der Waals surface area contributed by atoms with Gasteiger partial charge in [-0.2, -0.15) is 13.2 Å². The molecule has 18 heavy (non-hydrogen) atoms. The summed E-state index contributed by atoms with van der Waals surface area (Å²) in [4.78, 5) is 8.76. The third-order valence-corrected chi connectivity index (χ3v) is 2.17. The number of hydrogen-bond acceptors (Lipinski definition) is 5. The summed E-state index contributed by atoms with van der Waals surface area (Å²) in [6.07, 6.45) is -2.80. The smallest absolute Gasteiger partial charge is 0.390 e. The van der Waals surface area contributed by atoms with Gasteiger partial charge in [-0.15, -0.1) is 0 Å². The Bertz CT molecular complexity index is 434. The molecule has 0 unspecified atom stereocenters. The van der Waals surface area contributed by atoms with E-state index < -0.39 is 12.6 Å². The average molecular weight is 263 g/mol. The second kappa shape index (κ2) is 5.52. The minimum atomic E-state index is -4.25. The van der Waals surface area contributed by atoms with E-state index >= 15 is 0 Å². The molecule has 0 aliphatic rings. The summed E-state index contributed by atoms with van der Waals surface area (Å²) in [5, 5.41) is 11.3. The van der Waals surface area contributed by atoms with Gasteiger partial charge in [0.2, 0.25) is 0 Å². The number of aromatic nitrogens is 2. The summed E-state index contributed by atoms with van der Waals surface area (Å²) in [6.45, 7) is -0.285. The van der Waals surface area contributed by atoms with Crippen LogP contribution < -0.4 is 10.6 Å². The zero-order valence-corrected chi connectivity index (χ0v) is 9.52. The summed E-state index contributed by atoms with van der Waals surface area (Å²) >= 11 is 0. The number of oxime groups is 1. The topological polar surface area (TPSA) is 87.6 Å². The molecule has 0 bridgehead atoms. The zero-order chi connectivity index (χ0) is 13.8. The van der Waals surface area contributed by atoms with Crippen LogP contribution in [0.5, 0.6) is 0 Å². The lowest BCUT2D eigenvalue weighted by Crippen LogP contribution is -2.28. The molecule has 0 aliphatic carbocycles. The quantitative estimate of drug-likeness (QED) is 0.365. The van der Waals surface area contributed by atoms with E-state index in [1.54, 1.807) is 0 Å². The second-order valence-electron chi connectivity index (χ2n) is 3.53. The fourth-order valence-corrected chi connectivity index (χ4v) is 1.26. The third-order valence-electron chi connectivity index (χ3n) is 2.17. The van der Waals surface area contributed by atoms with E-state index in [4.69, 9.17) is 10.9 Å². The van der Waals surface area contributed by atoms with Crippen LogP contribution in [-0.2, 0) is 0 Å². The molecule has 0 aliphatic heterocycles. The molecule has 0 saturated carbocycles. The molecule has 0 atom stereocenters. The minimum Gasteiger partial charge on any atom is -0.409 e. The van der Waals surface area contributed by atoms with Gasteiger partial charge in [-0.3, -0.25) is 0 Å². The maximum absolute atomic E-state index is 12.1. The number of alkyl halides is 3. The summed E-state index contributed by atoms with van der Waals surface area (Å²) < 4.78 is 36.3. The van der Waals surface area contributed by atoms with E-state index in [1.807, 2.05) is 0 Å². The van der Waals surface area contributed by atoms with E-state index in [2.05, 4.69) is 15.1 Å². The van der Waals surface area contributed by atoms with Crippen molar-refractivity contribution in [3.8, 4) is 0 Å². The van der Waals surface area contributed by atoms with Crippen LogP contribution in [0.25, 0.3) is 0 Å². The summed E-state index contributed by atoms with van der Waals surface area (Å²) in [6, 6.07) is 0. The van der Waals surface area contributed by atoms with Crippen molar-refractivity contribution in [1.82, 2.24) is 9.97 Å². The molecule has 9 heteroatoms. The van der Waals surface area contributed by atoms with Crippen LogP contribution in [0.1, 0.15) is 12.0 Å². The van der Waals surface area contributed by atoms with Gasteiger partial charge in [0.15, 0.2) is 5.84 Å². The molecule has 3 N–H and O–H groups in total. The highest BCUT2D eigenvalue weighted by atomic mass is 19.4. The maximum atomic E-state index is 12.1. The number of nitrogens with zero attached hydrogens (tertiary/aromatic N) is 4. The zero-order valence-electron chi connectivity index (χ0n) is 9.52. The first-order valence-electron chi connectivity index (χ1n) is 4.91. The SMILES string of the molecule is CN(CCC(F)(F)F)c1ncncc1C(N)=NO. The Morgan fingerprint density at radius 2 is 2.22 bits per heavy atom. The van der Waals surface area contributed by atoms with Gasteiger partial charge in [-0.1, -0.05) is 5.16 Å². The molecular formula is C9H12F3N5O. The molecule has 6 nitrogen and oxygen atoms in total. The predicted molar refractivity (Wildman–Crippen MR) is 58.5 cm³/mol. The lowest BCUT2D eigenvalue weighted by molar-refractivity contribution is -0.132. The molecule has 0 spiro atoms. The van der Waals surface area contributed by atoms with E-state index in [9.17, 15) is 13.2 Å². The predicted octanol–water partition coefficient (Wildman–Crippen LogP) is 0.960. The van der Waals surface area contributed by atoms with Crippen LogP contribution in [-0.4, -0.2) is 40.8 Å². The van der Waals surface area contributed by atoms with Gasteiger partial charge in [0.1, 0.15) is 12.1 Å². The number of anilines is 1. The average Bonchev–Trinajstić information content (AvgIpc) is 2.34. The van der Waals surface area contributed by atoms with Gasteiger partial charge in [0.05, 0.1) is 12.0 Å². The van der Waals surface area contributed by atoms with Crippen molar-refractivity contribution in [2.24, 2.45) is 10.9 Å². The highest BCUT2D eigenvalue weighted by molar-refractivity contribution is 6.01. The highest BCUT2D eigenvalue weighted by Gasteiger charge is 2.27. The van der Waals surface area contributed by atoms with Crippen molar-refractivity contribution in [2.75, 3.05) is 18.5 Å². The molecule has 100 valence electrons. The molecular weight excluding hydrogens is 251 g/mol. The molecule has 0 amide bonds. The Labute approximate surface area is 101 Å². The largest absolute Gasteiger partial charge is 0.409 e. The molecule has 1 aromatic rings. The first kappa shape index (κ1) is 14.0. The Morgan fingerprint density at radius 3 is 2.78 bits per heavy atom. The molecule has 0 fully saturated rings. The number of rotatable bonds is 4. The number of amidine groups is 1. The Hall–Kier alpha value is -2.06. The molecule has 0 radical (unpaired) electrons. The Morgan fingerprint density at radius 1 is 1.56 bits per heavy atom. The molecule has 1 heterocycles.